The Morgan fingerprint density at radius 3 is 2.67 bits per heavy atom. The predicted molar refractivity (Wildman–Crippen MR) is 64.2 cm³/mol. The zero-order valence-corrected chi connectivity index (χ0v) is 10.5. The van der Waals surface area contributed by atoms with Crippen LogP contribution in [0.4, 0.5) is 4.39 Å². The number of benzene rings is 1. The summed E-state index contributed by atoms with van der Waals surface area (Å²) in [6, 6.07) is 2.97. The Hall–Kier alpha value is -1.62. The van der Waals surface area contributed by atoms with Gasteiger partial charge in [0, 0.05) is 13.5 Å². The fourth-order valence-electron chi connectivity index (χ4n) is 1.81. The SMILES string of the molecule is COCc1c(F)ccc(CCCC(=O)O)c1OC. The maximum Gasteiger partial charge on any atom is 0.303 e. The molecule has 0 atom stereocenters. The topological polar surface area (TPSA) is 55.8 Å². The predicted octanol–water partition coefficient (Wildman–Crippen LogP) is 2.39. The first kappa shape index (κ1) is 14.4. The average Bonchev–Trinajstić information content (AvgIpc) is 2.33. The highest BCUT2D eigenvalue weighted by atomic mass is 19.1. The van der Waals surface area contributed by atoms with Crippen molar-refractivity contribution in [1.82, 2.24) is 0 Å². The fourth-order valence-corrected chi connectivity index (χ4v) is 1.81. The highest BCUT2D eigenvalue weighted by Gasteiger charge is 2.14. The van der Waals surface area contributed by atoms with Crippen molar-refractivity contribution in [2.75, 3.05) is 14.2 Å². The smallest absolute Gasteiger partial charge is 0.303 e. The highest BCUT2D eigenvalue weighted by Crippen LogP contribution is 2.28. The van der Waals surface area contributed by atoms with Crippen molar-refractivity contribution in [3.05, 3.63) is 29.1 Å². The lowest BCUT2D eigenvalue weighted by Crippen LogP contribution is -2.03. The van der Waals surface area contributed by atoms with Crippen molar-refractivity contribution < 1.29 is 23.8 Å². The van der Waals surface area contributed by atoms with Crippen LogP contribution in [0.2, 0.25) is 0 Å². The van der Waals surface area contributed by atoms with Gasteiger partial charge in [0.15, 0.2) is 0 Å². The Morgan fingerprint density at radius 1 is 1.39 bits per heavy atom. The molecule has 0 aliphatic carbocycles. The standard InChI is InChI=1S/C13H17FO4/c1-17-8-10-11(14)7-6-9(13(10)18-2)4-3-5-12(15)16/h6-7H,3-5,8H2,1-2H3,(H,15,16). The van der Waals surface area contributed by atoms with Crippen LogP contribution < -0.4 is 4.74 Å². The van der Waals surface area contributed by atoms with Gasteiger partial charge in [-0.05, 0) is 24.5 Å². The summed E-state index contributed by atoms with van der Waals surface area (Å²) in [5, 5.41) is 8.59. The van der Waals surface area contributed by atoms with Gasteiger partial charge >= 0.3 is 5.97 Å². The molecule has 1 aromatic rings. The van der Waals surface area contributed by atoms with Gasteiger partial charge in [0.1, 0.15) is 11.6 Å². The van der Waals surface area contributed by atoms with Crippen LogP contribution in [0.5, 0.6) is 5.75 Å². The number of carboxylic acid groups (broad SMARTS) is 1. The second-order valence-electron chi connectivity index (χ2n) is 3.90. The Bertz CT molecular complexity index is 418. The molecule has 0 bridgehead atoms. The molecule has 0 aromatic heterocycles. The number of hydrogen-bond donors (Lipinski definition) is 1. The van der Waals surface area contributed by atoms with Crippen LogP contribution in [-0.4, -0.2) is 25.3 Å². The first-order chi connectivity index (χ1) is 8.60. The van der Waals surface area contributed by atoms with Gasteiger partial charge in [-0.1, -0.05) is 6.07 Å². The number of rotatable bonds is 7. The van der Waals surface area contributed by atoms with E-state index in [-0.39, 0.29) is 18.8 Å². The summed E-state index contributed by atoms with van der Waals surface area (Å²) in [5.41, 5.74) is 1.17. The molecular weight excluding hydrogens is 239 g/mol. The Balaban J connectivity index is 2.90. The number of hydrogen-bond acceptors (Lipinski definition) is 3. The van der Waals surface area contributed by atoms with Crippen molar-refractivity contribution in [3.63, 3.8) is 0 Å². The van der Waals surface area contributed by atoms with E-state index in [1.165, 1.54) is 20.3 Å². The monoisotopic (exact) mass is 256 g/mol. The van der Waals surface area contributed by atoms with Crippen molar-refractivity contribution in [1.29, 1.82) is 0 Å². The number of carbonyl (C=O) groups is 1. The normalized spacial score (nSPS) is 10.4. The molecule has 0 aliphatic heterocycles. The third-order valence-corrected chi connectivity index (χ3v) is 2.61. The molecule has 1 aromatic carbocycles. The van der Waals surface area contributed by atoms with E-state index in [1.54, 1.807) is 6.07 Å². The van der Waals surface area contributed by atoms with Crippen molar-refractivity contribution >= 4 is 5.97 Å². The fraction of sp³-hybridized carbons (Fsp3) is 0.462. The van der Waals surface area contributed by atoms with Crippen molar-refractivity contribution in [3.8, 4) is 5.75 Å². The molecule has 1 rings (SSSR count). The Labute approximate surface area is 105 Å². The highest BCUT2D eigenvalue weighted by molar-refractivity contribution is 5.66. The molecule has 0 fully saturated rings. The lowest BCUT2D eigenvalue weighted by atomic mass is 10.0. The number of aliphatic carboxylic acids is 1. The number of ether oxygens (including phenoxy) is 2. The second-order valence-corrected chi connectivity index (χ2v) is 3.90. The number of carboxylic acids is 1. The quantitative estimate of drug-likeness (QED) is 0.813. The maximum absolute atomic E-state index is 13.6. The molecule has 1 N–H and O–H groups in total. The molecule has 4 nitrogen and oxygen atoms in total. The van der Waals surface area contributed by atoms with Gasteiger partial charge in [0.05, 0.1) is 19.3 Å². The van der Waals surface area contributed by atoms with E-state index in [0.29, 0.717) is 24.2 Å². The first-order valence-electron chi connectivity index (χ1n) is 5.65. The van der Waals surface area contributed by atoms with Gasteiger partial charge < -0.3 is 14.6 Å². The molecule has 0 unspecified atom stereocenters. The molecule has 18 heavy (non-hydrogen) atoms. The van der Waals surface area contributed by atoms with Crippen LogP contribution in [-0.2, 0) is 22.6 Å². The van der Waals surface area contributed by atoms with E-state index in [0.717, 1.165) is 5.56 Å². The number of aryl methyl sites for hydroxylation is 1. The van der Waals surface area contributed by atoms with E-state index >= 15 is 0 Å². The summed E-state index contributed by atoms with van der Waals surface area (Å²) in [4.78, 5) is 10.5. The van der Waals surface area contributed by atoms with Crippen LogP contribution in [0, 0.1) is 5.82 Å². The van der Waals surface area contributed by atoms with E-state index in [4.69, 9.17) is 14.6 Å². The van der Waals surface area contributed by atoms with Gasteiger partial charge in [-0.25, -0.2) is 4.39 Å². The summed E-state index contributed by atoms with van der Waals surface area (Å²) in [6.07, 6.45) is 1.11. The van der Waals surface area contributed by atoms with Crippen LogP contribution in [0.15, 0.2) is 12.1 Å². The van der Waals surface area contributed by atoms with Gasteiger partial charge in [-0.3, -0.25) is 4.79 Å². The second kappa shape index (κ2) is 6.96. The van der Waals surface area contributed by atoms with E-state index < -0.39 is 5.97 Å². The van der Waals surface area contributed by atoms with Crippen LogP contribution in [0.25, 0.3) is 0 Å². The lowest BCUT2D eigenvalue weighted by molar-refractivity contribution is -0.137. The summed E-state index contributed by atoms with van der Waals surface area (Å²) in [6.45, 7) is 0.127. The number of methoxy groups -OCH3 is 2. The third-order valence-electron chi connectivity index (χ3n) is 2.61. The van der Waals surface area contributed by atoms with Gasteiger partial charge in [0.25, 0.3) is 0 Å². The molecular formula is C13H17FO4. The zero-order chi connectivity index (χ0) is 13.5. The molecule has 0 saturated carbocycles. The largest absolute Gasteiger partial charge is 0.496 e. The molecule has 0 saturated heterocycles. The minimum atomic E-state index is -0.840. The molecule has 100 valence electrons. The van der Waals surface area contributed by atoms with Crippen LogP contribution in [0.3, 0.4) is 0 Å². The zero-order valence-electron chi connectivity index (χ0n) is 10.5. The van der Waals surface area contributed by atoms with Crippen LogP contribution in [0.1, 0.15) is 24.0 Å². The summed E-state index contributed by atoms with van der Waals surface area (Å²) in [5.74, 6) is -0.772. The first-order valence-corrected chi connectivity index (χ1v) is 5.65. The minimum absolute atomic E-state index is 0.0835. The molecule has 0 amide bonds. The molecule has 0 heterocycles. The molecule has 0 spiro atoms. The molecule has 5 heteroatoms. The number of halogens is 1. The summed E-state index contributed by atoms with van der Waals surface area (Å²) < 4.78 is 23.7. The van der Waals surface area contributed by atoms with Gasteiger partial charge in [0.2, 0.25) is 0 Å². The third kappa shape index (κ3) is 3.70. The average molecular weight is 256 g/mol. The van der Waals surface area contributed by atoms with Gasteiger partial charge in [-0.2, -0.15) is 0 Å². The Morgan fingerprint density at radius 2 is 2.11 bits per heavy atom. The minimum Gasteiger partial charge on any atom is -0.496 e. The van der Waals surface area contributed by atoms with Crippen LogP contribution >= 0.6 is 0 Å². The van der Waals surface area contributed by atoms with Crippen molar-refractivity contribution in [2.24, 2.45) is 0 Å². The van der Waals surface area contributed by atoms with E-state index in [2.05, 4.69) is 0 Å². The summed E-state index contributed by atoms with van der Waals surface area (Å²) >= 11 is 0. The lowest BCUT2D eigenvalue weighted by Gasteiger charge is -2.13. The maximum atomic E-state index is 13.6. The molecule has 0 radical (unpaired) electrons. The van der Waals surface area contributed by atoms with Gasteiger partial charge in [-0.15, -0.1) is 0 Å². The molecule has 0 aliphatic rings. The summed E-state index contributed by atoms with van der Waals surface area (Å²) in [7, 11) is 2.95. The van der Waals surface area contributed by atoms with Crippen molar-refractivity contribution in [2.45, 2.75) is 25.9 Å². The van der Waals surface area contributed by atoms with E-state index in [9.17, 15) is 9.18 Å². The van der Waals surface area contributed by atoms with E-state index in [1.807, 2.05) is 0 Å². The Kier molecular flexibility index (Phi) is 5.58.